The van der Waals surface area contributed by atoms with Crippen LogP contribution in [-0.4, -0.2) is 45.2 Å². The molecule has 0 heterocycles. The Kier molecular flexibility index (Phi) is 18.6. The normalized spacial score (nSPS) is 8.56. The Morgan fingerprint density at radius 2 is 1.24 bits per heavy atom. The van der Waals surface area contributed by atoms with E-state index in [0.717, 1.165) is 0 Å². The summed E-state index contributed by atoms with van der Waals surface area (Å²) in [5.74, 6) is -1.31. The second-order valence-corrected chi connectivity index (χ2v) is 6.31. The Hall–Kier alpha value is -2.76. The number of hydrogen-bond donors (Lipinski definition) is 5. The van der Waals surface area contributed by atoms with Crippen LogP contribution in [-0.2, 0) is 4.79 Å². The first-order chi connectivity index (χ1) is 15.4. The fourth-order valence-electron chi connectivity index (χ4n) is 1.74. The van der Waals surface area contributed by atoms with Crippen molar-refractivity contribution in [3.8, 4) is 6.07 Å². The van der Waals surface area contributed by atoms with Crippen molar-refractivity contribution in [2.24, 2.45) is 5.90 Å². The van der Waals surface area contributed by atoms with Gasteiger partial charge in [0.1, 0.15) is 17.7 Å². The van der Waals surface area contributed by atoms with Crippen LogP contribution in [0, 0.1) is 23.0 Å². The zero-order chi connectivity index (χ0) is 26.5. The number of benzene rings is 2. The molecule has 2 aromatic rings. The van der Waals surface area contributed by atoms with Crippen LogP contribution in [0.2, 0.25) is 20.1 Å². The van der Waals surface area contributed by atoms with Gasteiger partial charge in [0.2, 0.25) is 0 Å². The molecule has 2 aromatic carbocycles. The predicted molar refractivity (Wildman–Crippen MR) is 119 cm³/mol. The topological polar surface area (TPSA) is 199 Å². The lowest BCUT2D eigenvalue weighted by Crippen LogP contribution is -2.02. The molecule has 0 bridgehead atoms. The zero-order valence-corrected chi connectivity index (χ0v) is 19.8. The van der Waals surface area contributed by atoms with Gasteiger partial charge in [-0.1, -0.05) is 46.4 Å². The van der Waals surface area contributed by atoms with E-state index < -0.39 is 44.7 Å². The minimum Gasteiger partial charge on any atom is -0.483 e. The molecule has 0 saturated heterocycles. The van der Waals surface area contributed by atoms with Gasteiger partial charge in [0.05, 0.1) is 42.3 Å². The standard InChI is InChI=1S/C8H2Cl2FNO2.C8H3Cl2FO3.CH2O2.ClH.H3NO/c2*9-6-3(8(13)14)1-5(11)7(10)4(6)2-12;2-1-3;;1-2/h1H,(H,13,14);1-2H,(H,13,14);1H,(H,2,3);1H;2H,1H2. The number of rotatable bonds is 3. The van der Waals surface area contributed by atoms with Gasteiger partial charge in [-0.25, -0.2) is 24.3 Å². The Balaban J connectivity index is -0.000000464. The van der Waals surface area contributed by atoms with Crippen LogP contribution in [0.25, 0.3) is 0 Å². The number of nitrogens with two attached hydrogens (primary N) is 1. The van der Waals surface area contributed by atoms with Crippen molar-refractivity contribution in [1.29, 1.82) is 5.26 Å². The molecular weight excluding hydrogens is 575 g/mol. The van der Waals surface area contributed by atoms with E-state index in [4.69, 9.17) is 77.0 Å². The molecule has 0 aliphatic rings. The molecule has 0 radical (unpaired) electrons. The minimum atomic E-state index is -1.42. The predicted octanol–water partition coefficient (Wildman–Crippen LogP) is 4.80. The Labute approximate surface area is 215 Å². The highest BCUT2D eigenvalue weighted by molar-refractivity contribution is 6.40. The highest BCUT2D eigenvalue weighted by Crippen LogP contribution is 2.30. The molecule has 0 amide bonds. The molecule has 0 fully saturated rings. The van der Waals surface area contributed by atoms with E-state index in [0.29, 0.717) is 12.1 Å². The first-order valence-electron chi connectivity index (χ1n) is 7.39. The van der Waals surface area contributed by atoms with Crippen molar-refractivity contribution in [1.82, 2.24) is 0 Å². The molecule has 186 valence electrons. The molecule has 0 saturated carbocycles. The molecule has 0 atom stereocenters. The molecule has 0 spiro atoms. The van der Waals surface area contributed by atoms with Crippen molar-refractivity contribution in [2.45, 2.75) is 0 Å². The number of carbonyl (C=O) groups is 4. The molecule has 10 nitrogen and oxygen atoms in total. The van der Waals surface area contributed by atoms with Crippen LogP contribution in [0.3, 0.4) is 0 Å². The summed E-state index contributed by atoms with van der Waals surface area (Å²) in [4.78, 5) is 39.9. The summed E-state index contributed by atoms with van der Waals surface area (Å²) in [6.45, 7) is -0.250. The maximum absolute atomic E-state index is 13.0. The first-order valence-corrected chi connectivity index (χ1v) is 8.91. The van der Waals surface area contributed by atoms with Crippen molar-refractivity contribution in [3.63, 3.8) is 0 Å². The summed E-state index contributed by atoms with van der Waals surface area (Å²) in [6, 6.07) is 2.87. The number of nitriles is 1. The molecule has 0 unspecified atom stereocenters. The van der Waals surface area contributed by atoms with E-state index in [2.05, 4.69) is 5.90 Å². The SMILES string of the molecule is Cl.N#Cc1c(Cl)c(F)cc(C(=O)O)c1Cl.NO.O=CO.O=Cc1c(Cl)c(F)cc(C(=O)O)c1Cl. The summed E-state index contributed by atoms with van der Waals surface area (Å²) in [7, 11) is 0. The summed E-state index contributed by atoms with van der Waals surface area (Å²) in [5, 5.41) is 37.5. The summed E-state index contributed by atoms with van der Waals surface area (Å²) < 4.78 is 25.9. The Bertz CT molecular complexity index is 1100. The van der Waals surface area contributed by atoms with Gasteiger partial charge >= 0.3 is 11.9 Å². The van der Waals surface area contributed by atoms with E-state index in [1.165, 1.54) is 6.07 Å². The number of halogens is 7. The minimum absolute atomic E-state index is 0. The highest BCUT2D eigenvalue weighted by Gasteiger charge is 2.20. The zero-order valence-electron chi connectivity index (χ0n) is 15.9. The van der Waals surface area contributed by atoms with Crippen LogP contribution in [0.1, 0.15) is 36.6 Å². The second kappa shape index (κ2) is 17.7. The van der Waals surface area contributed by atoms with Crippen molar-refractivity contribution >= 4 is 83.5 Å². The smallest absolute Gasteiger partial charge is 0.337 e. The molecule has 0 aromatic heterocycles. The Morgan fingerprint density at radius 3 is 1.56 bits per heavy atom. The lowest BCUT2D eigenvalue weighted by Gasteiger charge is -2.04. The maximum Gasteiger partial charge on any atom is 0.337 e. The molecule has 2 rings (SSSR count). The molecular formula is C17H11Cl5F2N2O8. The number of aldehydes is 1. The van der Waals surface area contributed by atoms with Gasteiger partial charge in [0, 0.05) is 0 Å². The van der Waals surface area contributed by atoms with E-state index in [-0.39, 0.29) is 46.3 Å². The lowest BCUT2D eigenvalue weighted by atomic mass is 10.1. The second-order valence-electron chi connectivity index (χ2n) is 4.80. The van der Waals surface area contributed by atoms with Crippen LogP contribution >= 0.6 is 58.8 Å². The van der Waals surface area contributed by atoms with Gasteiger partial charge in [-0.15, -0.1) is 12.4 Å². The van der Waals surface area contributed by atoms with Crippen LogP contribution in [0.15, 0.2) is 12.1 Å². The number of carbonyl (C=O) groups excluding carboxylic acids is 1. The van der Waals surface area contributed by atoms with Crippen LogP contribution in [0.4, 0.5) is 8.78 Å². The number of aromatic carboxylic acids is 2. The van der Waals surface area contributed by atoms with Gasteiger partial charge in [-0.05, 0) is 12.1 Å². The number of carboxylic acid groups (broad SMARTS) is 3. The summed E-state index contributed by atoms with van der Waals surface area (Å²) in [5.41, 5.74) is -1.70. The number of hydrogen-bond acceptors (Lipinski definition) is 7. The molecule has 34 heavy (non-hydrogen) atoms. The van der Waals surface area contributed by atoms with E-state index in [1.54, 1.807) is 0 Å². The van der Waals surface area contributed by atoms with E-state index >= 15 is 0 Å². The van der Waals surface area contributed by atoms with Gasteiger partial charge in [0.15, 0.2) is 6.29 Å². The average molecular weight is 587 g/mol. The highest BCUT2D eigenvalue weighted by atomic mass is 35.5. The van der Waals surface area contributed by atoms with Crippen LogP contribution < -0.4 is 5.90 Å². The van der Waals surface area contributed by atoms with Gasteiger partial charge in [0.25, 0.3) is 6.47 Å². The molecule has 17 heteroatoms. The summed E-state index contributed by atoms with van der Waals surface area (Å²) in [6.07, 6.45) is 0.209. The first kappa shape index (κ1) is 35.8. The largest absolute Gasteiger partial charge is 0.483 e. The maximum atomic E-state index is 13.0. The van der Waals surface area contributed by atoms with Crippen LogP contribution in [0.5, 0.6) is 0 Å². The lowest BCUT2D eigenvalue weighted by molar-refractivity contribution is -0.122. The van der Waals surface area contributed by atoms with E-state index in [9.17, 15) is 23.2 Å². The third-order valence-electron chi connectivity index (χ3n) is 3.04. The Morgan fingerprint density at radius 1 is 0.882 bits per heavy atom. The van der Waals surface area contributed by atoms with Gasteiger partial charge in [-0.3, -0.25) is 9.59 Å². The quantitative estimate of drug-likeness (QED) is 0.189. The van der Waals surface area contributed by atoms with Crippen molar-refractivity contribution in [3.05, 3.63) is 66.1 Å². The van der Waals surface area contributed by atoms with Gasteiger partial charge < -0.3 is 20.5 Å². The fraction of sp³-hybridized carbons (Fsp3) is 0. The molecule has 0 aliphatic carbocycles. The average Bonchev–Trinajstić information content (AvgIpc) is 2.76. The van der Waals surface area contributed by atoms with Crippen molar-refractivity contribution < 1.29 is 48.5 Å². The molecule has 6 N–H and O–H groups in total. The van der Waals surface area contributed by atoms with E-state index in [1.807, 2.05) is 0 Å². The number of carboxylic acids is 2. The van der Waals surface area contributed by atoms with Gasteiger partial charge in [-0.2, -0.15) is 5.26 Å². The number of nitrogens with zero attached hydrogens (tertiary/aromatic N) is 1. The monoisotopic (exact) mass is 584 g/mol. The third-order valence-corrected chi connectivity index (χ3v) is 4.59. The fourth-order valence-corrected chi connectivity index (χ4v) is 2.77. The summed E-state index contributed by atoms with van der Waals surface area (Å²) >= 11 is 21.8. The third kappa shape index (κ3) is 9.62. The molecule has 0 aliphatic heterocycles. The van der Waals surface area contributed by atoms with Crippen molar-refractivity contribution in [2.75, 3.05) is 0 Å².